The van der Waals surface area contributed by atoms with Gasteiger partial charge in [-0.2, -0.15) is 0 Å². The summed E-state index contributed by atoms with van der Waals surface area (Å²) in [5.41, 5.74) is 1.56. The maximum Gasteiger partial charge on any atom is 0.234 e. The lowest BCUT2D eigenvalue weighted by atomic mass is 10.2. The molecular weight excluding hydrogens is 396 g/mol. The molecule has 6 nitrogen and oxygen atoms in total. The number of amides is 1. The summed E-state index contributed by atoms with van der Waals surface area (Å²) in [6.07, 6.45) is 1.77. The van der Waals surface area contributed by atoms with E-state index in [4.69, 9.17) is 16.3 Å². The largest absolute Gasteiger partial charge is 0.497 e. The van der Waals surface area contributed by atoms with E-state index in [1.807, 2.05) is 28.8 Å². The number of rotatable bonds is 8. The molecule has 0 saturated heterocycles. The molecule has 1 N–H and O–H groups in total. The molecule has 0 aliphatic heterocycles. The molecule has 0 saturated carbocycles. The first-order chi connectivity index (χ1) is 13.6. The summed E-state index contributed by atoms with van der Waals surface area (Å²) < 4.78 is 7.12. The molecule has 0 atom stereocenters. The van der Waals surface area contributed by atoms with Crippen LogP contribution in [-0.2, 0) is 11.3 Å². The summed E-state index contributed by atoms with van der Waals surface area (Å²) in [5.74, 6) is 1.53. The first-order valence-corrected chi connectivity index (χ1v) is 9.84. The highest BCUT2D eigenvalue weighted by atomic mass is 35.5. The highest BCUT2D eigenvalue weighted by molar-refractivity contribution is 7.99. The maximum atomic E-state index is 12.2. The van der Waals surface area contributed by atoms with Gasteiger partial charge in [0.05, 0.1) is 12.9 Å². The van der Waals surface area contributed by atoms with Gasteiger partial charge in [-0.15, -0.1) is 16.8 Å². The smallest absolute Gasteiger partial charge is 0.234 e. The van der Waals surface area contributed by atoms with Crippen LogP contribution in [0.4, 0.5) is 5.69 Å². The second-order valence-electron chi connectivity index (χ2n) is 5.78. The van der Waals surface area contributed by atoms with E-state index in [2.05, 4.69) is 22.1 Å². The average Bonchev–Trinajstić information content (AvgIpc) is 3.09. The van der Waals surface area contributed by atoms with Gasteiger partial charge in [0.15, 0.2) is 11.0 Å². The number of aromatic nitrogens is 3. The Balaban J connectivity index is 1.72. The standard InChI is InChI=1S/C20H19ClN4O2S/c1-3-11-25-19(14-7-9-17(27-2)10-8-14)23-24-20(25)28-13-18(26)22-16-6-4-5-15(21)12-16/h3-10,12H,1,11,13H2,2H3,(H,22,26). The van der Waals surface area contributed by atoms with Gasteiger partial charge in [-0.05, 0) is 42.5 Å². The minimum Gasteiger partial charge on any atom is -0.497 e. The van der Waals surface area contributed by atoms with Gasteiger partial charge in [0, 0.05) is 22.8 Å². The van der Waals surface area contributed by atoms with Crippen molar-refractivity contribution in [1.82, 2.24) is 14.8 Å². The number of benzene rings is 2. The molecule has 0 radical (unpaired) electrons. The molecule has 3 aromatic rings. The van der Waals surface area contributed by atoms with E-state index < -0.39 is 0 Å². The Hall–Kier alpha value is -2.77. The number of ether oxygens (including phenoxy) is 1. The fourth-order valence-corrected chi connectivity index (χ4v) is 3.47. The van der Waals surface area contributed by atoms with Crippen LogP contribution in [0.1, 0.15) is 0 Å². The molecule has 3 rings (SSSR count). The van der Waals surface area contributed by atoms with Gasteiger partial charge >= 0.3 is 0 Å². The Bertz CT molecular complexity index is 973. The first-order valence-electron chi connectivity index (χ1n) is 8.47. The third-order valence-corrected chi connectivity index (χ3v) is 5.02. The number of thioether (sulfide) groups is 1. The quantitative estimate of drug-likeness (QED) is 0.433. The lowest BCUT2D eigenvalue weighted by molar-refractivity contribution is -0.113. The number of carbonyl (C=O) groups excluding carboxylic acids is 1. The fraction of sp³-hybridized carbons (Fsp3) is 0.150. The molecule has 0 fully saturated rings. The zero-order valence-electron chi connectivity index (χ0n) is 15.3. The Morgan fingerprint density at radius 2 is 2.07 bits per heavy atom. The van der Waals surface area contributed by atoms with Crippen molar-refractivity contribution in [3.05, 3.63) is 66.2 Å². The number of hydrogen-bond acceptors (Lipinski definition) is 5. The maximum absolute atomic E-state index is 12.2. The SMILES string of the molecule is C=CCn1c(SCC(=O)Nc2cccc(Cl)c2)nnc1-c1ccc(OC)cc1. The molecule has 0 unspecified atom stereocenters. The van der Waals surface area contributed by atoms with E-state index in [0.717, 1.165) is 11.3 Å². The number of allylic oxidation sites excluding steroid dienone is 1. The monoisotopic (exact) mass is 414 g/mol. The summed E-state index contributed by atoms with van der Waals surface area (Å²) in [6, 6.07) is 14.6. The van der Waals surface area contributed by atoms with Gasteiger partial charge in [0.2, 0.25) is 5.91 Å². The van der Waals surface area contributed by atoms with Crippen LogP contribution in [0.3, 0.4) is 0 Å². The minimum absolute atomic E-state index is 0.147. The van der Waals surface area contributed by atoms with Crippen LogP contribution in [0.15, 0.2) is 66.3 Å². The van der Waals surface area contributed by atoms with Crippen molar-refractivity contribution in [3.8, 4) is 17.1 Å². The van der Waals surface area contributed by atoms with Gasteiger partial charge < -0.3 is 10.1 Å². The number of hydrogen-bond donors (Lipinski definition) is 1. The number of carbonyl (C=O) groups is 1. The van der Waals surface area contributed by atoms with E-state index >= 15 is 0 Å². The second-order valence-corrected chi connectivity index (χ2v) is 7.16. The van der Waals surface area contributed by atoms with Gasteiger partial charge in [-0.3, -0.25) is 9.36 Å². The molecule has 0 aliphatic carbocycles. The second kappa shape index (κ2) is 9.43. The van der Waals surface area contributed by atoms with Crippen LogP contribution in [0.5, 0.6) is 5.75 Å². The Morgan fingerprint density at radius 1 is 1.29 bits per heavy atom. The van der Waals surface area contributed by atoms with Crippen LogP contribution in [0.25, 0.3) is 11.4 Å². The van der Waals surface area contributed by atoms with Crippen molar-refractivity contribution in [1.29, 1.82) is 0 Å². The average molecular weight is 415 g/mol. The van der Waals surface area contributed by atoms with Crippen molar-refractivity contribution in [3.63, 3.8) is 0 Å². The Morgan fingerprint density at radius 3 is 2.75 bits per heavy atom. The number of nitrogens with one attached hydrogen (secondary N) is 1. The molecule has 0 bridgehead atoms. The topological polar surface area (TPSA) is 69.0 Å². The van der Waals surface area contributed by atoms with Gasteiger partial charge in [-0.25, -0.2) is 0 Å². The molecule has 8 heteroatoms. The van der Waals surface area contributed by atoms with Crippen LogP contribution < -0.4 is 10.1 Å². The molecule has 2 aromatic carbocycles. The number of anilines is 1. The predicted molar refractivity (Wildman–Crippen MR) is 113 cm³/mol. The van der Waals surface area contributed by atoms with E-state index in [0.29, 0.717) is 28.2 Å². The van der Waals surface area contributed by atoms with E-state index in [-0.39, 0.29) is 11.7 Å². The molecular formula is C20H19ClN4O2S. The van der Waals surface area contributed by atoms with Gasteiger partial charge in [-0.1, -0.05) is 35.5 Å². The highest BCUT2D eigenvalue weighted by Crippen LogP contribution is 2.26. The molecule has 0 spiro atoms. The van der Waals surface area contributed by atoms with E-state index in [1.54, 1.807) is 37.5 Å². The van der Waals surface area contributed by atoms with Crippen molar-refractivity contribution in [2.75, 3.05) is 18.2 Å². The molecule has 1 aromatic heterocycles. The lowest BCUT2D eigenvalue weighted by Crippen LogP contribution is -2.14. The molecule has 144 valence electrons. The summed E-state index contributed by atoms with van der Waals surface area (Å²) >= 11 is 7.26. The van der Waals surface area contributed by atoms with Crippen molar-refractivity contribution >= 4 is 35.0 Å². The number of nitrogens with zero attached hydrogens (tertiary/aromatic N) is 3. The zero-order chi connectivity index (χ0) is 19.9. The molecule has 0 aliphatic rings. The lowest BCUT2D eigenvalue weighted by Gasteiger charge is -2.09. The Kier molecular flexibility index (Phi) is 6.73. The first kappa shape index (κ1) is 20.0. The van der Waals surface area contributed by atoms with Crippen LogP contribution in [0.2, 0.25) is 5.02 Å². The van der Waals surface area contributed by atoms with Crippen LogP contribution in [-0.4, -0.2) is 33.5 Å². The van der Waals surface area contributed by atoms with Gasteiger partial charge in [0.25, 0.3) is 0 Å². The van der Waals surface area contributed by atoms with Crippen molar-refractivity contribution in [2.24, 2.45) is 0 Å². The summed E-state index contributed by atoms with van der Waals surface area (Å²) in [6.45, 7) is 4.34. The van der Waals surface area contributed by atoms with Gasteiger partial charge in [0.1, 0.15) is 5.75 Å². The van der Waals surface area contributed by atoms with E-state index in [9.17, 15) is 4.79 Å². The minimum atomic E-state index is -0.147. The normalized spacial score (nSPS) is 10.5. The fourth-order valence-electron chi connectivity index (χ4n) is 2.54. The summed E-state index contributed by atoms with van der Waals surface area (Å²) in [7, 11) is 1.62. The summed E-state index contributed by atoms with van der Waals surface area (Å²) in [5, 5.41) is 12.6. The third kappa shape index (κ3) is 4.94. The molecule has 1 heterocycles. The number of methoxy groups -OCH3 is 1. The Labute approximate surface area is 172 Å². The van der Waals surface area contributed by atoms with Crippen molar-refractivity contribution in [2.45, 2.75) is 11.7 Å². The highest BCUT2D eigenvalue weighted by Gasteiger charge is 2.15. The van der Waals surface area contributed by atoms with Crippen LogP contribution in [0, 0.1) is 0 Å². The predicted octanol–water partition coefficient (Wildman–Crippen LogP) is 4.52. The van der Waals surface area contributed by atoms with E-state index in [1.165, 1.54) is 11.8 Å². The molecule has 1 amide bonds. The van der Waals surface area contributed by atoms with Crippen LogP contribution >= 0.6 is 23.4 Å². The van der Waals surface area contributed by atoms with Crippen molar-refractivity contribution < 1.29 is 9.53 Å². The molecule has 28 heavy (non-hydrogen) atoms. The number of halogens is 1. The summed E-state index contributed by atoms with van der Waals surface area (Å²) in [4.78, 5) is 12.2. The zero-order valence-corrected chi connectivity index (χ0v) is 16.8. The third-order valence-electron chi connectivity index (χ3n) is 3.82.